The van der Waals surface area contributed by atoms with E-state index in [1.54, 1.807) is 0 Å². The fourth-order valence-corrected chi connectivity index (χ4v) is 3.98. The van der Waals surface area contributed by atoms with E-state index in [1.165, 1.54) is 134 Å². The Morgan fingerprint density at radius 3 is 1.11 bits per heavy atom. The molecule has 0 bridgehead atoms. The lowest BCUT2D eigenvalue weighted by Crippen LogP contribution is -1.92. The zero-order valence-corrected chi connectivity index (χ0v) is 20.3. The average molecular weight is 395 g/mol. The molecular weight excluding hydrogens is 340 g/mol. The summed E-state index contributed by atoms with van der Waals surface area (Å²) in [4.78, 5) is 0. The summed E-state index contributed by atoms with van der Waals surface area (Å²) in [6, 6.07) is 0. The van der Waals surface area contributed by atoms with Gasteiger partial charge < -0.3 is 4.74 Å². The molecule has 168 valence electrons. The van der Waals surface area contributed by atoms with E-state index in [0.717, 1.165) is 12.4 Å². The molecule has 0 aliphatic carbocycles. The summed E-state index contributed by atoms with van der Waals surface area (Å²) in [5.41, 5.74) is 1.44. The van der Waals surface area contributed by atoms with Crippen molar-refractivity contribution in [1.29, 1.82) is 0 Å². The molecule has 0 amide bonds. The molecule has 0 atom stereocenters. The number of rotatable bonds is 22. The predicted octanol–water partition coefficient (Wildman–Crippen LogP) is 10.1. The zero-order chi connectivity index (χ0) is 20.7. The number of hydrogen-bond acceptors (Lipinski definition) is 1. The SMILES string of the molecule is CCCCCCCCCCCCCCCCCCCCC/C(C)=C(/C)OCC. The molecule has 0 aliphatic rings. The number of allylic oxidation sites excluding steroid dienone is 2. The minimum Gasteiger partial charge on any atom is -0.499 e. The first kappa shape index (κ1) is 27.5. The molecule has 1 nitrogen and oxygen atoms in total. The maximum absolute atomic E-state index is 5.57. The standard InChI is InChI=1S/C27H54O/c1-5-7-8-9-10-11-12-13-14-15-16-17-18-19-20-21-22-23-24-25-26(3)27(4)28-6-2/h5-25H2,1-4H3/b27-26-. The Balaban J connectivity index is 3.15. The van der Waals surface area contributed by atoms with Gasteiger partial charge in [0.2, 0.25) is 0 Å². The van der Waals surface area contributed by atoms with Crippen LogP contribution < -0.4 is 0 Å². The third-order valence-corrected chi connectivity index (χ3v) is 6.12. The fourth-order valence-electron chi connectivity index (χ4n) is 3.98. The monoisotopic (exact) mass is 394 g/mol. The van der Waals surface area contributed by atoms with Gasteiger partial charge in [0, 0.05) is 0 Å². The van der Waals surface area contributed by atoms with E-state index in [-0.39, 0.29) is 0 Å². The molecule has 0 aromatic heterocycles. The van der Waals surface area contributed by atoms with Crippen molar-refractivity contribution in [3.63, 3.8) is 0 Å². The van der Waals surface area contributed by atoms with Gasteiger partial charge in [0.25, 0.3) is 0 Å². The van der Waals surface area contributed by atoms with Gasteiger partial charge in [-0.3, -0.25) is 0 Å². The predicted molar refractivity (Wildman–Crippen MR) is 128 cm³/mol. The minimum atomic E-state index is 0.794. The van der Waals surface area contributed by atoms with Crippen LogP contribution in [0.5, 0.6) is 0 Å². The Bertz CT molecular complexity index is 331. The summed E-state index contributed by atoms with van der Waals surface area (Å²) in [5, 5.41) is 0. The largest absolute Gasteiger partial charge is 0.499 e. The van der Waals surface area contributed by atoms with Crippen molar-refractivity contribution in [3.8, 4) is 0 Å². The highest BCUT2D eigenvalue weighted by Gasteiger charge is 1.99. The highest BCUT2D eigenvalue weighted by atomic mass is 16.5. The van der Waals surface area contributed by atoms with Gasteiger partial charge in [-0.2, -0.15) is 0 Å². The molecule has 0 aromatic rings. The van der Waals surface area contributed by atoms with Crippen LogP contribution in [0.4, 0.5) is 0 Å². The number of ether oxygens (including phenoxy) is 1. The van der Waals surface area contributed by atoms with Crippen molar-refractivity contribution in [3.05, 3.63) is 11.3 Å². The van der Waals surface area contributed by atoms with Gasteiger partial charge in [-0.1, -0.05) is 122 Å². The van der Waals surface area contributed by atoms with Gasteiger partial charge in [0.05, 0.1) is 12.4 Å². The molecule has 0 saturated carbocycles. The first-order valence-corrected chi connectivity index (χ1v) is 13.0. The highest BCUT2D eigenvalue weighted by molar-refractivity contribution is 5.02. The van der Waals surface area contributed by atoms with E-state index in [2.05, 4.69) is 27.7 Å². The molecule has 1 heteroatoms. The Kier molecular flexibility index (Phi) is 22.5. The maximum Gasteiger partial charge on any atom is 0.0917 e. The number of unbranched alkanes of at least 4 members (excludes halogenated alkanes) is 18. The van der Waals surface area contributed by atoms with Crippen LogP contribution in [0.1, 0.15) is 156 Å². The van der Waals surface area contributed by atoms with Crippen molar-refractivity contribution in [1.82, 2.24) is 0 Å². The van der Waals surface area contributed by atoms with Gasteiger partial charge in [-0.25, -0.2) is 0 Å². The van der Waals surface area contributed by atoms with Crippen LogP contribution in [0.3, 0.4) is 0 Å². The lowest BCUT2D eigenvalue weighted by Gasteiger charge is -2.08. The molecule has 0 rings (SSSR count). The lowest BCUT2D eigenvalue weighted by molar-refractivity contribution is 0.226. The Hall–Kier alpha value is -0.460. The Morgan fingerprint density at radius 1 is 0.464 bits per heavy atom. The van der Waals surface area contributed by atoms with Crippen molar-refractivity contribution >= 4 is 0 Å². The third kappa shape index (κ3) is 20.3. The molecule has 28 heavy (non-hydrogen) atoms. The zero-order valence-electron chi connectivity index (χ0n) is 20.3. The molecule has 0 N–H and O–H groups in total. The van der Waals surface area contributed by atoms with E-state index < -0.39 is 0 Å². The van der Waals surface area contributed by atoms with Crippen molar-refractivity contribution in [2.24, 2.45) is 0 Å². The molecule has 0 fully saturated rings. The summed E-state index contributed by atoms with van der Waals surface area (Å²) in [6.45, 7) is 9.48. The van der Waals surface area contributed by atoms with Gasteiger partial charge in [0.15, 0.2) is 0 Å². The van der Waals surface area contributed by atoms with E-state index in [0.29, 0.717) is 0 Å². The first-order valence-electron chi connectivity index (χ1n) is 13.0. The van der Waals surface area contributed by atoms with E-state index in [4.69, 9.17) is 4.74 Å². The van der Waals surface area contributed by atoms with Crippen molar-refractivity contribution in [2.45, 2.75) is 156 Å². The lowest BCUT2D eigenvalue weighted by atomic mass is 10.0. The van der Waals surface area contributed by atoms with Crippen LogP contribution in [0, 0.1) is 0 Å². The fraction of sp³-hybridized carbons (Fsp3) is 0.926. The summed E-state index contributed by atoms with van der Waals surface area (Å²) < 4.78 is 5.57. The second-order valence-corrected chi connectivity index (χ2v) is 8.88. The molecule has 0 radical (unpaired) electrons. The molecule has 0 aliphatic heterocycles. The van der Waals surface area contributed by atoms with Gasteiger partial charge in [-0.05, 0) is 39.2 Å². The van der Waals surface area contributed by atoms with Crippen LogP contribution in [0.2, 0.25) is 0 Å². The van der Waals surface area contributed by atoms with Gasteiger partial charge in [-0.15, -0.1) is 0 Å². The molecule has 0 saturated heterocycles. The summed E-state index contributed by atoms with van der Waals surface area (Å²) >= 11 is 0. The molecule has 0 spiro atoms. The maximum atomic E-state index is 5.57. The quantitative estimate of drug-likeness (QED) is 0.131. The van der Waals surface area contributed by atoms with Gasteiger partial charge in [0.1, 0.15) is 0 Å². The van der Waals surface area contributed by atoms with Crippen molar-refractivity contribution < 1.29 is 4.74 Å². The molecular formula is C27H54O. The second-order valence-electron chi connectivity index (χ2n) is 8.88. The average Bonchev–Trinajstić information content (AvgIpc) is 2.69. The Labute approximate surface area is 179 Å². The van der Waals surface area contributed by atoms with Crippen molar-refractivity contribution in [2.75, 3.05) is 6.61 Å². The van der Waals surface area contributed by atoms with Crippen LogP contribution in [-0.4, -0.2) is 6.61 Å². The number of hydrogen-bond donors (Lipinski definition) is 0. The van der Waals surface area contributed by atoms with Crippen LogP contribution in [0.15, 0.2) is 11.3 Å². The smallest absolute Gasteiger partial charge is 0.0917 e. The molecule has 0 heterocycles. The molecule has 0 aromatic carbocycles. The summed E-state index contributed by atoms with van der Waals surface area (Å²) in [6.07, 6.45) is 28.7. The van der Waals surface area contributed by atoms with Crippen LogP contribution in [-0.2, 0) is 4.74 Å². The normalized spacial score (nSPS) is 12.3. The highest BCUT2D eigenvalue weighted by Crippen LogP contribution is 2.17. The minimum absolute atomic E-state index is 0.794. The van der Waals surface area contributed by atoms with Gasteiger partial charge >= 0.3 is 0 Å². The topological polar surface area (TPSA) is 9.23 Å². The van der Waals surface area contributed by atoms with Crippen LogP contribution in [0.25, 0.3) is 0 Å². The third-order valence-electron chi connectivity index (χ3n) is 6.12. The Morgan fingerprint density at radius 2 is 0.786 bits per heavy atom. The summed E-state index contributed by atoms with van der Waals surface area (Å²) in [7, 11) is 0. The van der Waals surface area contributed by atoms with E-state index in [9.17, 15) is 0 Å². The second kappa shape index (κ2) is 22.8. The summed E-state index contributed by atoms with van der Waals surface area (Å²) in [5.74, 6) is 1.14. The first-order chi connectivity index (χ1) is 13.7. The molecule has 0 unspecified atom stereocenters. The van der Waals surface area contributed by atoms with Crippen LogP contribution >= 0.6 is 0 Å². The van der Waals surface area contributed by atoms with E-state index in [1.807, 2.05) is 0 Å². The van der Waals surface area contributed by atoms with E-state index >= 15 is 0 Å².